The molecule has 0 saturated heterocycles. The second kappa shape index (κ2) is 3.84. The highest BCUT2D eigenvalue weighted by molar-refractivity contribution is 9.10. The third kappa shape index (κ3) is 1.81. The standard InChI is InChI=1S/C10H9Br2N/c11-4-6-13-5-3-8-1-2-9(12)7-10(8)13/h1-3,5,7H,4,6H2. The van der Waals surface area contributed by atoms with Gasteiger partial charge in [-0.05, 0) is 23.6 Å². The van der Waals surface area contributed by atoms with Crippen LogP contribution in [-0.2, 0) is 6.54 Å². The monoisotopic (exact) mass is 301 g/mol. The Morgan fingerprint density at radius 3 is 2.85 bits per heavy atom. The Morgan fingerprint density at radius 1 is 1.23 bits per heavy atom. The average molecular weight is 303 g/mol. The minimum Gasteiger partial charge on any atom is -0.347 e. The first-order valence-corrected chi connectivity index (χ1v) is 6.03. The van der Waals surface area contributed by atoms with Gasteiger partial charge >= 0.3 is 0 Å². The van der Waals surface area contributed by atoms with Crippen molar-refractivity contribution < 1.29 is 0 Å². The molecule has 0 bridgehead atoms. The molecule has 2 rings (SSSR count). The lowest BCUT2D eigenvalue weighted by Gasteiger charge is -2.01. The van der Waals surface area contributed by atoms with Crippen LogP contribution in [0, 0.1) is 0 Å². The van der Waals surface area contributed by atoms with E-state index in [0.717, 1.165) is 16.3 Å². The van der Waals surface area contributed by atoms with Crippen molar-refractivity contribution in [2.75, 3.05) is 5.33 Å². The van der Waals surface area contributed by atoms with Crippen LogP contribution in [0.2, 0.25) is 0 Å². The summed E-state index contributed by atoms with van der Waals surface area (Å²) < 4.78 is 3.38. The van der Waals surface area contributed by atoms with E-state index in [9.17, 15) is 0 Å². The fourth-order valence-corrected chi connectivity index (χ4v) is 2.17. The first-order valence-electron chi connectivity index (χ1n) is 4.11. The molecule has 1 nitrogen and oxygen atoms in total. The SMILES string of the molecule is BrCCn1ccc2ccc(Br)cc21. The van der Waals surface area contributed by atoms with E-state index in [-0.39, 0.29) is 0 Å². The van der Waals surface area contributed by atoms with Crippen LogP contribution < -0.4 is 0 Å². The van der Waals surface area contributed by atoms with E-state index in [2.05, 4.69) is 66.9 Å². The number of hydrogen-bond acceptors (Lipinski definition) is 0. The van der Waals surface area contributed by atoms with Crippen LogP contribution in [0.1, 0.15) is 0 Å². The molecule has 0 amide bonds. The van der Waals surface area contributed by atoms with Gasteiger partial charge in [0, 0.05) is 28.1 Å². The Balaban J connectivity index is 2.58. The molecule has 1 aromatic carbocycles. The van der Waals surface area contributed by atoms with Gasteiger partial charge in [0.25, 0.3) is 0 Å². The molecule has 0 aliphatic rings. The Labute approximate surface area is 94.0 Å². The molecule has 3 heteroatoms. The maximum Gasteiger partial charge on any atom is 0.0491 e. The molecule has 0 atom stereocenters. The molecule has 0 fully saturated rings. The second-order valence-electron chi connectivity index (χ2n) is 2.90. The van der Waals surface area contributed by atoms with Gasteiger partial charge in [-0.2, -0.15) is 0 Å². The van der Waals surface area contributed by atoms with Crippen molar-refractivity contribution in [3.8, 4) is 0 Å². The van der Waals surface area contributed by atoms with Crippen LogP contribution in [0.3, 0.4) is 0 Å². The molecule has 1 heterocycles. The van der Waals surface area contributed by atoms with Crippen LogP contribution in [0.25, 0.3) is 10.9 Å². The van der Waals surface area contributed by atoms with E-state index < -0.39 is 0 Å². The lowest BCUT2D eigenvalue weighted by atomic mass is 10.2. The fraction of sp³-hybridized carbons (Fsp3) is 0.200. The van der Waals surface area contributed by atoms with Crippen molar-refractivity contribution in [2.24, 2.45) is 0 Å². The lowest BCUT2D eigenvalue weighted by Crippen LogP contribution is -1.95. The highest BCUT2D eigenvalue weighted by atomic mass is 79.9. The molecule has 2 aromatic rings. The minimum atomic E-state index is 0.989. The van der Waals surface area contributed by atoms with Gasteiger partial charge in [-0.1, -0.05) is 37.9 Å². The largest absolute Gasteiger partial charge is 0.347 e. The summed E-state index contributed by atoms with van der Waals surface area (Å²) in [6, 6.07) is 8.49. The van der Waals surface area contributed by atoms with Gasteiger partial charge in [-0.25, -0.2) is 0 Å². The maximum atomic E-state index is 3.48. The molecule has 1 aromatic heterocycles. The zero-order chi connectivity index (χ0) is 9.26. The third-order valence-corrected chi connectivity index (χ3v) is 2.91. The van der Waals surface area contributed by atoms with Crippen molar-refractivity contribution in [3.63, 3.8) is 0 Å². The molecule has 0 spiro atoms. The number of aromatic nitrogens is 1. The number of aryl methyl sites for hydroxylation is 1. The van der Waals surface area contributed by atoms with Crippen molar-refractivity contribution >= 4 is 42.8 Å². The molecule has 68 valence electrons. The normalized spacial score (nSPS) is 10.9. The Bertz CT molecular complexity index is 420. The summed E-state index contributed by atoms with van der Waals surface area (Å²) in [5.74, 6) is 0. The molecule has 13 heavy (non-hydrogen) atoms. The topological polar surface area (TPSA) is 4.93 Å². The van der Waals surface area contributed by atoms with Gasteiger partial charge in [0.2, 0.25) is 0 Å². The quantitative estimate of drug-likeness (QED) is 0.744. The molecule has 0 aliphatic heterocycles. The molecule has 0 aliphatic carbocycles. The highest BCUT2D eigenvalue weighted by Crippen LogP contribution is 2.20. The first-order chi connectivity index (χ1) is 6.31. The molecule has 0 saturated carbocycles. The minimum absolute atomic E-state index is 0.989. The van der Waals surface area contributed by atoms with Gasteiger partial charge in [0.1, 0.15) is 0 Å². The van der Waals surface area contributed by atoms with Crippen LogP contribution in [0.5, 0.6) is 0 Å². The van der Waals surface area contributed by atoms with Gasteiger partial charge in [-0.15, -0.1) is 0 Å². The Kier molecular flexibility index (Phi) is 2.74. The van der Waals surface area contributed by atoms with E-state index >= 15 is 0 Å². The number of benzene rings is 1. The van der Waals surface area contributed by atoms with E-state index in [1.807, 2.05) is 0 Å². The number of hydrogen-bond donors (Lipinski definition) is 0. The Hall–Kier alpha value is -0.280. The summed E-state index contributed by atoms with van der Waals surface area (Å²) in [5.41, 5.74) is 1.29. The Morgan fingerprint density at radius 2 is 2.08 bits per heavy atom. The number of alkyl halides is 1. The number of nitrogens with zero attached hydrogens (tertiary/aromatic N) is 1. The number of halogens is 2. The summed E-state index contributed by atoms with van der Waals surface area (Å²) in [4.78, 5) is 0. The number of fused-ring (bicyclic) bond motifs is 1. The van der Waals surface area contributed by atoms with Crippen LogP contribution in [0.4, 0.5) is 0 Å². The van der Waals surface area contributed by atoms with Crippen molar-refractivity contribution in [1.29, 1.82) is 0 Å². The zero-order valence-corrected chi connectivity index (χ0v) is 10.2. The molecule has 0 radical (unpaired) electrons. The average Bonchev–Trinajstić information content (AvgIpc) is 2.49. The zero-order valence-electron chi connectivity index (χ0n) is 7.00. The maximum absolute atomic E-state index is 3.48. The fourth-order valence-electron chi connectivity index (χ4n) is 1.44. The summed E-state index contributed by atoms with van der Waals surface area (Å²) >= 11 is 6.92. The van der Waals surface area contributed by atoms with Crippen molar-refractivity contribution in [3.05, 3.63) is 34.9 Å². The van der Waals surface area contributed by atoms with Crippen molar-refractivity contribution in [1.82, 2.24) is 4.57 Å². The van der Waals surface area contributed by atoms with E-state index in [4.69, 9.17) is 0 Å². The summed E-state index contributed by atoms with van der Waals surface area (Å²) in [6.45, 7) is 1.01. The number of rotatable bonds is 2. The van der Waals surface area contributed by atoms with E-state index in [0.29, 0.717) is 0 Å². The van der Waals surface area contributed by atoms with Crippen LogP contribution in [-0.4, -0.2) is 9.90 Å². The van der Waals surface area contributed by atoms with E-state index in [1.54, 1.807) is 0 Å². The van der Waals surface area contributed by atoms with Crippen LogP contribution >= 0.6 is 31.9 Å². The van der Waals surface area contributed by atoms with Crippen molar-refractivity contribution in [2.45, 2.75) is 6.54 Å². The summed E-state index contributed by atoms with van der Waals surface area (Å²) in [7, 11) is 0. The highest BCUT2D eigenvalue weighted by Gasteiger charge is 1.99. The van der Waals surface area contributed by atoms with Crippen LogP contribution in [0.15, 0.2) is 34.9 Å². The predicted octanol–water partition coefficient (Wildman–Crippen LogP) is 3.80. The van der Waals surface area contributed by atoms with Gasteiger partial charge in [-0.3, -0.25) is 0 Å². The summed E-state index contributed by atoms with van der Waals surface area (Å²) in [5, 5.41) is 2.28. The van der Waals surface area contributed by atoms with Gasteiger partial charge in [0.05, 0.1) is 0 Å². The molecular weight excluding hydrogens is 294 g/mol. The molecule has 0 N–H and O–H groups in total. The van der Waals surface area contributed by atoms with Gasteiger partial charge < -0.3 is 4.57 Å². The second-order valence-corrected chi connectivity index (χ2v) is 4.61. The molecule has 0 unspecified atom stereocenters. The van der Waals surface area contributed by atoms with Gasteiger partial charge in [0.15, 0.2) is 0 Å². The third-order valence-electron chi connectivity index (χ3n) is 2.06. The predicted molar refractivity (Wildman–Crippen MR) is 63.4 cm³/mol. The summed E-state index contributed by atoms with van der Waals surface area (Å²) in [6.07, 6.45) is 2.12. The smallest absolute Gasteiger partial charge is 0.0491 e. The van der Waals surface area contributed by atoms with E-state index in [1.165, 1.54) is 10.9 Å². The lowest BCUT2D eigenvalue weighted by molar-refractivity contribution is 0.812. The molecular formula is C10H9Br2N. The first kappa shape index (κ1) is 9.28.